The molecule has 1 amide bonds. The molecule has 116 valence electrons. The Hall–Kier alpha value is -2.59. The van der Waals surface area contributed by atoms with Crippen LogP contribution in [0.5, 0.6) is 0 Å². The van der Waals surface area contributed by atoms with Crippen LogP contribution in [0.15, 0.2) is 42.6 Å². The summed E-state index contributed by atoms with van der Waals surface area (Å²) in [7, 11) is 0. The molecule has 0 unspecified atom stereocenters. The van der Waals surface area contributed by atoms with Crippen LogP contribution in [0.1, 0.15) is 21.5 Å². The highest BCUT2D eigenvalue weighted by Crippen LogP contribution is 2.23. The topological polar surface area (TPSA) is 62.0 Å². The Labute approximate surface area is 138 Å². The summed E-state index contributed by atoms with van der Waals surface area (Å²) in [5.41, 5.74) is 3.71. The van der Waals surface area contributed by atoms with E-state index >= 15 is 0 Å². The quantitative estimate of drug-likeness (QED) is 0.558. The van der Waals surface area contributed by atoms with Gasteiger partial charge in [0.1, 0.15) is 0 Å². The van der Waals surface area contributed by atoms with E-state index in [1.165, 1.54) is 6.20 Å². The fraction of sp³-hybridized carbons (Fsp3) is 0.111. The normalized spacial score (nSPS) is 10.7. The van der Waals surface area contributed by atoms with Crippen molar-refractivity contribution in [1.29, 1.82) is 0 Å². The molecule has 1 heterocycles. The molecule has 0 spiro atoms. The number of carbonyl (C=O) groups excluding carboxylic acids is 2. The van der Waals surface area contributed by atoms with E-state index in [9.17, 15) is 9.59 Å². The Kier molecular flexibility index (Phi) is 3.92. The third-order valence-corrected chi connectivity index (χ3v) is 3.81. The van der Waals surface area contributed by atoms with Crippen LogP contribution in [-0.2, 0) is 4.79 Å². The number of rotatable bonds is 3. The summed E-state index contributed by atoms with van der Waals surface area (Å²) in [5.74, 6) is -1.25. The van der Waals surface area contributed by atoms with Gasteiger partial charge >= 0.3 is 0 Å². The van der Waals surface area contributed by atoms with Gasteiger partial charge in [-0.25, -0.2) is 0 Å². The van der Waals surface area contributed by atoms with Crippen molar-refractivity contribution in [3.05, 3.63) is 64.3 Å². The van der Waals surface area contributed by atoms with E-state index in [1.54, 1.807) is 18.2 Å². The predicted molar refractivity (Wildman–Crippen MR) is 92.2 cm³/mol. The first-order chi connectivity index (χ1) is 10.9. The fourth-order valence-corrected chi connectivity index (χ4v) is 2.82. The van der Waals surface area contributed by atoms with Gasteiger partial charge in [-0.1, -0.05) is 23.7 Å². The summed E-state index contributed by atoms with van der Waals surface area (Å²) in [4.78, 5) is 27.6. The molecule has 0 radical (unpaired) electrons. The number of anilines is 1. The monoisotopic (exact) mass is 326 g/mol. The van der Waals surface area contributed by atoms with Gasteiger partial charge in [-0.2, -0.15) is 0 Å². The standard InChI is InChI=1S/C18H15ClN2O2/c1-10-5-11(2)7-13(6-10)21-18(23)17(22)15-9-20-16-8-12(19)3-4-14(15)16/h3-9,20H,1-2H3,(H,21,23). The zero-order valence-corrected chi connectivity index (χ0v) is 13.5. The summed E-state index contributed by atoms with van der Waals surface area (Å²) in [6, 6.07) is 10.8. The van der Waals surface area contributed by atoms with Gasteiger partial charge in [-0.05, 0) is 49.2 Å². The third-order valence-electron chi connectivity index (χ3n) is 3.57. The number of hydrogen-bond donors (Lipinski definition) is 2. The second-order valence-corrected chi connectivity index (χ2v) is 5.99. The van der Waals surface area contributed by atoms with E-state index in [2.05, 4.69) is 10.3 Å². The molecule has 1 aromatic heterocycles. The van der Waals surface area contributed by atoms with Gasteiger partial charge in [0.2, 0.25) is 0 Å². The molecule has 3 aromatic rings. The second-order valence-electron chi connectivity index (χ2n) is 5.55. The molecule has 2 N–H and O–H groups in total. The number of aromatic amines is 1. The van der Waals surface area contributed by atoms with Crippen molar-refractivity contribution in [3.63, 3.8) is 0 Å². The van der Waals surface area contributed by atoms with Gasteiger partial charge in [-0.3, -0.25) is 9.59 Å². The summed E-state index contributed by atoms with van der Waals surface area (Å²) >= 11 is 5.92. The molecule has 0 fully saturated rings. The molecule has 0 atom stereocenters. The van der Waals surface area contributed by atoms with E-state index < -0.39 is 11.7 Å². The van der Waals surface area contributed by atoms with E-state index in [0.29, 0.717) is 21.7 Å². The Bertz CT molecular complexity index is 908. The number of fused-ring (bicyclic) bond motifs is 1. The number of halogens is 1. The largest absolute Gasteiger partial charge is 0.360 e. The fourth-order valence-electron chi connectivity index (χ4n) is 2.64. The Morgan fingerprint density at radius 1 is 1.04 bits per heavy atom. The maximum atomic E-state index is 12.4. The van der Waals surface area contributed by atoms with Crippen molar-refractivity contribution in [2.45, 2.75) is 13.8 Å². The molecule has 0 aliphatic heterocycles. The number of Topliss-reactive ketones (excluding diaryl/α,β-unsaturated/α-hetero) is 1. The maximum absolute atomic E-state index is 12.4. The summed E-state index contributed by atoms with van der Waals surface area (Å²) in [6.45, 7) is 3.88. The van der Waals surface area contributed by atoms with E-state index in [-0.39, 0.29) is 0 Å². The number of ketones is 1. The molecular formula is C18H15ClN2O2. The maximum Gasteiger partial charge on any atom is 0.296 e. The lowest BCUT2D eigenvalue weighted by Crippen LogP contribution is -2.22. The molecule has 0 aliphatic carbocycles. The molecular weight excluding hydrogens is 312 g/mol. The van der Waals surface area contributed by atoms with Gasteiger partial charge in [0, 0.05) is 27.8 Å². The number of hydrogen-bond acceptors (Lipinski definition) is 2. The van der Waals surface area contributed by atoms with Gasteiger partial charge in [0.15, 0.2) is 0 Å². The van der Waals surface area contributed by atoms with Crippen molar-refractivity contribution < 1.29 is 9.59 Å². The lowest BCUT2D eigenvalue weighted by Gasteiger charge is -2.06. The average molecular weight is 327 g/mol. The second kappa shape index (κ2) is 5.89. The van der Waals surface area contributed by atoms with Crippen LogP contribution in [0, 0.1) is 13.8 Å². The van der Waals surface area contributed by atoms with Crippen molar-refractivity contribution >= 4 is 39.9 Å². The van der Waals surface area contributed by atoms with E-state index in [0.717, 1.165) is 16.6 Å². The average Bonchev–Trinajstić information content (AvgIpc) is 2.88. The molecule has 23 heavy (non-hydrogen) atoms. The van der Waals surface area contributed by atoms with Gasteiger partial charge < -0.3 is 10.3 Å². The Balaban J connectivity index is 1.88. The number of H-pyrrole nitrogens is 1. The van der Waals surface area contributed by atoms with Crippen molar-refractivity contribution in [2.75, 3.05) is 5.32 Å². The highest BCUT2D eigenvalue weighted by Gasteiger charge is 2.20. The van der Waals surface area contributed by atoms with Crippen LogP contribution in [0.3, 0.4) is 0 Å². The van der Waals surface area contributed by atoms with E-state index in [1.807, 2.05) is 32.0 Å². The number of carbonyl (C=O) groups is 2. The number of nitrogens with one attached hydrogen (secondary N) is 2. The zero-order chi connectivity index (χ0) is 16.6. The third kappa shape index (κ3) is 3.12. The number of amides is 1. The SMILES string of the molecule is Cc1cc(C)cc(NC(=O)C(=O)c2c[nH]c3cc(Cl)ccc23)c1. The zero-order valence-electron chi connectivity index (χ0n) is 12.7. The van der Waals surface area contributed by atoms with Crippen LogP contribution >= 0.6 is 11.6 Å². The first-order valence-electron chi connectivity index (χ1n) is 7.14. The summed E-state index contributed by atoms with van der Waals surface area (Å²) < 4.78 is 0. The number of aromatic nitrogens is 1. The lowest BCUT2D eigenvalue weighted by atomic mass is 10.1. The minimum Gasteiger partial charge on any atom is -0.360 e. The first-order valence-corrected chi connectivity index (χ1v) is 7.52. The summed E-state index contributed by atoms with van der Waals surface area (Å²) in [6.07, 6.45) is 1.53. The predicted octanol–water partition coefficient (Wildman–Crippen LogP) is 4.26. The van der Waals surface area contributed by atoms with Gasteiger partial charge in [0.05, 0.1) is 5.56 Å². The first kappa shape index (κ1) is 15.3. The molecule has 0 saturated heterocycles. The van der Waals surface area contributed by atoms with Crippen molar-refractivity contribution in [1.82, 2.24) is 4.98 Å². The molecule has 3 rings (SSSR count). The molecule has 4 nitrogen and oxygen atoms in total. The van der Waals surface area contributed by atoms with Crippen LogP contribution in [-0.4, -0.2) is 16.7 Å². The van der Waals surface area contributed by atoms with Gasteiger partial charge in [0.25, 0.3) is 11.7 Å². The van der Waals surface area contributed by atoms with Crippen LogP contribution in [0.2, 0.25) is 5.02 Å². The smallest absolute Gasteiger partial charge is 0.296 e. The Morgan fingerprint density at radius 3 is 2.43 bits per heavy atom. The minimum atomic E-state index is -0.661. The lowest BCUT2D eigenvalue weighted by molar-refractivity contribution is -0.112. The molecule has 0 aliphatic rings. The van der Waals surface area contributed by atoms with Crippen LogP contribution < -0.4 is 5.32 Å². The minimum absolute atomic E-state index is 0.332. The van der Waals surface area contributed by atoms with E-state index in [4.69, 9.17) is 11.6 Å². The molecule has 0 bridgehead atoms. The van der Waals surface area contributed by atoms with Gasteiger partial charge in [-0.15, -0.1) is 0 Å². The number of benzene rings is 2. The van der Waals surface area contributed by atoms with Crippen LogP contribution in [0.25, 0.3) is 10.9 Å². The van der Waals surface area contributed by atoms with Crippen LogP contribution in [0.4, 0.5) is 5.69 Å². The molecule has 2 aromatic carbocycles. The highest BCUT2D eigenvalue weighted by molar-refractivity contribution is 6.48. The van der Waals surface area contributed by atoms with Crippen molar-refractivity contribution in [2.24, 2.45) is 0 Å². The highest BCUT2D eigenvalue weighted by atomic mass is 35.5. The molecule has 0 saturated carbocycles. The number of aryl methyl sites for hydroxylation is 2. The summed E-state index contributed by atoms with van der Waals surface area (Å²) in [5, 5.41) is 3.90. The molecule has 5 heteroatoms. The Morgan fingerprint density at radius 2 is 1.74 bits per heavy atom. The van der Waals surface area contributed by atoms with Crippen molar-refractivity contribution in [3.8, 4) is 0 Å².